The highest BCUT2D eigenvalue weighted by Gasteiger charge is 2.28. The molecule has 5 rings (SSSR count). The maximum absolute atomic E-state index is 9.91. The van der Waals surface area contributed by atoms with Crippen LogP contribution >= 0.6 is 0 Å². The summed E-state index contributed by atoms with van der Waals surface area (Å²) in [7, 11) is 0. The molecule has 1 saturated heterocycles. The lowest BCUT2D eigenvalue weighted by atomic mass is 9.99. The fourth-order valence-electron chi connectivity index (χ4n) is 4.38. The number of hydrogen-bond donors (Lipinski definition) is 1. The number of nitrogens with zero attached hydrogens (tertiary/aromatic N) is 6. The van der Waals surface area contributed by atoms with E-state index in [1.807, 2.05) is 24.4 Å². The highest BCUT2D eigenvalue weighted by Crippen LogP contribution is 2.34. The van der Waals surface area contributed by atoms with Gasteiger partial charge in [0.2, 0.25) is 0 Å². The van der Waals surface area contributed by atoms with Crippen LogP contribution in [0, 0.1) is 6.92 Å². The summed E-state index contributed by atoms with van der Waals surface area (Å²) in [5, 5.41) is 9.91. The zero-order valence-electron chi connectivity index (χ0n) is 17.4. The molecule has 2 atom stereocenters. The standard InChI is InChI=1S/C23H26N6O/c1-15-11-21(28-9-6-17(30)14-28)27-22(12-15)29-10-7-19-18(16(29)2)13-25-23(26-19)20-5-3-4-8-24-20/h3-5,8,11-13,16-17,30H,6-7,9-10,14H2,1-2H3. The van der Waals surface area contributed by atoms with Crippen LogP contribution in [0.5, 0.6) is 0 Å². The van der Waals surface area contributed by atoms with Crippen molar-refractivity contribution in [2.45, 2.75) is 38.8 Å². The van der Waals surface area contributed by atoms with E-state index in [4.69, 9.17) is 9.97 Å². The number of rotatable bonds is 3. The van der Waals surface area contributed by atoms with Crippen molar-refractivity contribution in [3.63, 3.8) is 0 Å². The molecule has 154 valence electrons. The van der Waals surface area contributed by atoms with Crippen LogP contribution in [0.15, 0.2) is 42.7 Å². The molecule has 0 saturated carbocycles. The van der Waals surface area contributed by atoms with Gasteiger partial charge in [-0.05, 0) is 50.1 Å². The highest BCUT2D eigenvalue weighted by atomic mass is 16.3. The van der Waals surface area contributed by atoms with Crippen molar-refractivity contribution in [3.05, 3.63) is 59.5 Å². The molecule has 5 heterocycles. The third kappa shape index (κ3) is 3.50. The number of pyridine rings is 2. The molecule has 2 unspecified atom stereocenters. The summed E-state index contributed by atoms with van der Waals surface area (Å²) in [5.41, 5.74) is 4.21. The Kier molecular flexibility index (Phi) is 4.83. The second-order valence-electron chi connectivity index (χ2n) is 8.18. The molecular weight excluding hydrogens is 376 g/mol. The van der Waals surface area contributed by atoms with Gasteiger partial charge in [-0.2, -0.15) is 0 Å². The molecule has 0 spiro atoms. The number of hydrogen-bond acceptors (Lipinski definition) is 7. The smallest absolute Gasteiger partial charge is 0.178 e. The van der Waals surface area contributed by atoms with Crippen molar-refractivity contribution >= 4 is 11.6 Å². The Labute approximate surface area is 176 Å². The van der Waals surface area contributed by atoms with E-state index in [-0.39, 0.29) is 12.1 Å². The molecular formula is C23H26N6O. The minimum Gasteiger partial charge on any atom is -0.391 e. The molecule has 1 fully saturated rings. The zero-order chi connectivity index (χ0) is 20.7. The Bertz CT molecular complexity index is 1060. The first-order chi connectivity index (χ1) is 14.6. The number of aryl methyl sites for hydroxylation is 1. The quantitative estimate of drug-likeness (QED) is 0.722. The topological polar surface area (TPSA) is 78.3 Å². The van der Waals surface area contributed by atoms with Gasteiger partial charge in [-0.1, -0.05) is 6.07 Å². The lowest BCUT2D eigenvalue weighted by Gasteiger charge is -2.36. The van der Waals surface area contributed by atoms with Crippen LogP contribution < -0.4 is 9.80 Å². The summed E-state index contributed by atoms with van der Waals surface area (Å²) in [6, 6.07) is 10.2. The van der Waals surface area contributed by atoms with Crippen LogP contribution in [0.2, 0.25) is 0 Å². The van der Waals surface area contributed by atoms with E-state index in [1.54, 1.807) is 6.20 Å². The minimum absolute atomic E-state index is 0.137. The lowest BCUT2D eigenvalue weighted by Crippen LogP contribution is -2.35. The molecule has 3 aromatic heterocycles. The second kappa shape index (κ2) is 7.65. The molecule has 0 amide bonds. The third-order valence-electron chi connectivity index (χ3n) is 6.03. The van der Waals surface area contributed by atoms with Crippen molar-refractivity contribution < 1.29 is 5.11 Å². The van der Waals surface area contributed by atoms with Crippen molar-refractivity contribution in [1.82, 2.24) is 19.9 Å². The third-order valence-corrected chi connectivity index (χ3v) is 6.03. The number of anilines is 2. The van der Waals surface area contributed by atoms with Crippen LogP contribution in [0.25, 0.3) is 11.5 Å². The zero-order valence-corrected chi connectivity index (χ0v) is 17.4. The van der Waals surface area contributed by atoms with E-state index in [1.165, 1.54) is 5.56 Å². The summed E-state index contributed by atoms with van der Waals surface area (Å²) >= 11 is 0. The Morgan fingerprint density at radius 3 is 2.70 bits per heavy atom. The predicted molar refractivity (Wildman–Crippen MR) is 117 cm³/mol. The molecule has 7 heteroatoms. The maximum atomic E-state index is 9.91. The van der Waals surface area contributed by atoms with Crippen LogP contribution in [0.3, 0.4) is 0 Å². The van der Waals surface area contributed by atoms with E-state index >= 15 is 0 Å². The van der Waals surface area contributed by atoms with Crippen molar-refractivity contribution in [3.8, 4) is 11.5 Å². The van der Waals surface area contributed by atoms with Gasteiger partial charge < -0.3 is 14.9 Å². The molecule has 0 aromatic carbocycles. The molecule has 3 aromatic rings. The molecule has 1 N–H and O–H groups in total. The van der Waals surface area contributed by atoms with E-state index in [0.29, 0.717) is 12.4 Å². The van der Waals surface area contributed by atoms with E-state index in [0.717, 1.165) is 54.5 Å². The number of fused-ring (bicyclic) bond motifs is 1. The first-order valence-corrected chi connectivity index (χ1v) is 10.5. The average molecular weight is 403 g/mol. The van der Waals surface area contributed by atoms with Gasteiger partial charge in [0.15, 0.2) is 5.82 Å². The minimum atomic E-state index is -0.262. The van der Waals surface area contributed by atoms with Gasteiger partial charge in [0.25, 0.3) is 0 Å². The highest BCUT2D eigenvalue weighted by molar-refractivity contribution is 5.55. The Morgan fingerprint density at radius 1 is 1.07 bits per heavy atom. The van der Waals surface area contributed by atoms with Gasteiger partial charge in [-0.3, -0.25) is 4.98 Å². The van der Waals surface area contributed by atoms with Crippen molar-refractivity contribution in [2.24, 2.45) is 0 Å². The van der Waals surface area contributed by atoms with Crippen molar-refractivity contribution in [2.75, 3.05) is 29.4 Å². The summed E-state index contributed by atoms with van der Waals surface area (Å²) in [5.74, 6) is 2.60. The van der Waals surface area contributed by atoms with E-state index < -0.39 is 0 Å². The van der Waals surface area contributed by atoms with E-state index in [2.05, 4.69) is 45.7 Å². The summed E-state index contributed by atoms with van der Waals surface area (Å²) in [6.07, 6.45) is 5.09. The Morgan fingerprint density at radius 2 is 1.93 bits per heavy atom. The average Bonchev–Trinajstić information content (AvgIpc) is 3.20. The van der Waals surface area contributed by atoms with Gasteiger partial charge in [0, 0.05) is 44.0 Å². The van der Waals surface area contributed by atoms with Crippen LogP contribution in [0.1, 0.15) is 36.2 Å². The number of β-amino-alcohol motifs (C(OH)–C–C–N with tert-alkyl or cyclic N) is 1. The summed E-state index contributed by atoms with van der Waals surface area (Å²) < 4.78 is 0. The lowest BCUT2D eigenvalue weighted by molar-refractivity contribution is 0.198. The van der Waals surface area contributed by atoms with Gasteiger partial charge in [-0.25, -0.2) is 15.0 Å². The van der Waals surface area contributed by atoms with Crippen LogP contribution in [0.4, 0.5) is 11.6 Å². The first kappa shape index (κ1) is 18.9. The molecule has 0 aliphatic carbocycles. The van der Waals surface area contributed by atoms with E-state index in [9.17, 15) is 5.11 Å². The Balaban J connectivity index is 1.44. The van der Waals surface area contributed by atoms with Crippen LogP contribution in [-0.2, 0) is 6.42 Å². The van der Waals surface area contributed by atoms with Gasteiger partial charge >= 0.3 is 0 Å². The maximum Gasteiger partial charge on any atom is 0.178 e. The van der Waals surface area contributed by atoms with Crippen LogP contribution in [-0.4, -0.2) is 50.8 Å². The monoisotopic (exact) mass is 402 g/mol. The number of aliphatic hydroxyl groups is 1. The molecule has 0 bridgehead atoms. The fourth-order valence-corrected chi connectivity index (χ4v) is 4.38. The number of aromatic nitrogens is 4. The second-order valence-corrected chi connectivity index (χ2v) is 8.18. The van der Waals surface area contributed by atoms with Gasteiger partial charge in [-0.15, -0.1) is 0 Å². The molecule has 30 heavy (non-hydrogen) atoms. The molecule has 2 aliphatic heterocycles. The fraction of sp³-hybridized carbons (Fsp3) is 0.391. The van der Waals surface area contributed by atoms with Gasteiger partial charge in [0.1, 0.15) is 17.3 Å². The van der Waals surface area contributed by atoms with Gasteiger partial charge in [0.05, 0.1) is 17.8 Å². The SMILES string of the molecule is Cc1cc(N2CCC(O)C2)nc(N2CCc3nc(-c4ccccn4)ncc3C2C)c1. The molecule has 2 aliphatic rings. The first-order valence-electron chi connectivity index (χ1n) is 10.5. The normalized spacial score (nSPS) is 21.0. The number of aliphatic hydroxyl groups excluding tert-OH is 1. The molecule has 7 nitrogen and oxygen atoms in total. The summed E-state index contributed by atoms with van der Waals surface area (Å²) in [4.78, 5) is 23.2. The largest absolute Gasteiger partial charge is 0.391 e. The summed E-state index contributed by atoms with van der Waals surface area (Å²) in [6.45, 7) is 6.64. The van der Waals surface area contributed by atoms with Crippen molar-refractivity contribution in [1.29, 1.82) is 0 Å². The Hall–Kier alpha value is -3.06. The predicted octanol–water partition coefficient (Wildman–Crippen LogP) is 2.94. The molecule has 0 radical (unpaired) electrons.